The van der Waals surface area contributed by atoms with Crippen LogP contribution in [0.1, 0.15) is 37.7 Å². The van der Waals surface area contributed by atoms with Crippen molar-refractivity contribution in [2.24, 2.45) is 5.92 Å². The molecule has 0 spiro atoms. The predicted octanol–water partition coefficient (Wildman–Crippen LogP) is 2.11. The Labute approximate surface area is 137 Å². The zero-order chi connectivity index (χ0) is 16.1. The third kappa shape index (κ3) is 4.52. The Balaban J connectivity index is 1.36. The van der Waals surface area contributed by atoms with E-state index in [1.165, 1.54) is 5.56 Å². The minimum absolute atomic E-state index is 0.0488. The average molecular weight is 319 g/mol. The summed E-state index contributed by atoms with van der Waals surface area (Å²) in [6, 6.07) is 10.6. The number of halogens is 1. The number of nitrogens with one attached hydrogen (secondary N) is 3. The molecule has 0 bridgehead atoms. The van der Waals surface area contributed by atoms with Crippen LogP contribution >= 0.6 is 0 Å². The van der Waals surface area contributed by atoms with E-state index in [1.807, 2.05) is 18.2 Å². The molecule has 5 heteroatoms. The number of carbonyl (C=O) groups excluding carboxylic acids is 1. The number of alkyl halides is 1. The number of benzene rings is 1. The fraction of sp³-hybridized carbons (Fsp3) is 0.611. The molecular weight excluding hydrogens is 293 g/mol. The fourth-order valence-electron chi connectivity index (χ4n) is 3.74. The standard InChI is InChI=1S/C18H26FN3O/c19-14-8-9-16-15(11-14)17(22-21-16)12-18(23)20-10-4-7-13-5-2-1-3-6-13/h1-3,5-6,14-17,21-22H,4,7-12H2,(H,20,23). The Morgan fingerprint density at radius 1 is 1.22 bits per heavy atom. The zero-order valence-corrected chi connectivity index (χ0v) is 13.4. The monoisotopic (exact) mass is 319 g/mol. The Morgan fingerprint density at radius 3 is 2.87 bits per heavy atom. The van der Waals surface area contributed by atoms with Gasteiger partial charge in [0.2, 0.25) is 5.91 Å². The van der Waals surface area contributed by atoms with Crippen LogP contribution in [0.4, 0.5) is 4.39 Å². The Hall–Kier alpha value is -1.46. The quantitative estimate of drug-likeness (QED) is 0.704. The fourth-order valence-corrected chi connectivity index (χ4v) is 3.74. The van der Waals surface area contributed by atoms with Crippen LogP contribution in [0.2, 0.25) is 0 Å². The molecule has 4 unspecified atom stereocenters. The van der Waals surface area contributed by atoms with E-state index in [1.54, 1.807) is 0 Å². The van der Waals surface area contributed by atoms with Crippen LogP contribution in [0.5, 0.6) is 0 Å². The van der Waals surface area contributed by atoms with E-state index in [0.29, 0.717) is 31.8 Å². The highest BCUT2D eigenvalue weighted by Crippen LogP contribution is 2.32. The third-order valence-electron chi connectivity index (χ3n) is 5.02. The van der Waals surface area contributed by atoms with Gasteiger partial charge in [-0.15, -0.1) is 0 Å². The largest absolute Gasteiger partial charge is 0.356 e. The van der Waals surface area contributed by atoms with Gasteiger partial charge < -0.3 is 5.32 Å². The number of hydrogen-bond acceptors (Lipinski definition) is 3. The van der Waals surface area contributed by atoms with E-state index < -0.39 is 6.17 Å². The van der Waals surface area contributed by atoms with Crippen LogP contribution in [-0.2, 0) is 11.2 Å². The summed E-state index contributed by atoms with van der Waals surface area (Å²) < 4.78 is 13.6. The van der Waals surface area contributed by atoms with E-state index in [0.717, 1.165) is 19.3 Å². The van der Waals surface area contributed by atoms with E-state index in [4.69, 9.17) is 0 Å². The summed E-state index contributed by atoms with van der Waals surface area (Å²) in [5.74, 6) is 0.285. The smallest absolute Gasteiger partial charge is 0.221 e. The first-order valence-electron chi connectivity index (χ1n) is 8.68. The second kappa shape index (κ2) is 7.88. The number of hydrazine groups is 1. The molecule has 2 aliphatic rings. The maximum atomic E-state index is 13.6. The Kier molecular flexibility index (Phi) is 5.62. The van der Waals surface area contributed by atoms with Crippen LogP contribution in [-0.4, -0.2) is 30.7 Å². The average Bonchev–Trinajstić information content (AvgIpc) is 2.95. The lowest BCUT2D eigenvalue weighted by Gasteiger charge is -2.29. The summed E-state index contributed by atoms with van der Waals surface area (Å²) >= 11 is 0. The van der Waals surface area contributed by atoms with Crippen molar-refractivity contribution in [3.8, 4) is 0 Å². The van der Waals surface area contributed by atoms with E-state index in [-0.39, 0.29) is 17.9 Å². The summed E-state index contributed by atoms with van der Waals surface area (Å²) in [5, 5.41) is 2.99. The van der Waals surface area contributed by atoms with Gasteiger partial charge in [0.25, 0.3) is 0 Å². The first-order valence-corrected chi connectivity index (χ1v) is 8.68. The molecule has 4 atom stereocenters. The molecule has 3 N–H and O–H groups in total. The van der Waals surface area contributed by atoms with E-state index in [9.17, 15) is 9.18 Å². The summed E-state index contributed by atoms with van der Waals surface area (Å²) in [6.07, 6.45) is 3.67. The summed E-state index contributed by atoms with van der Waals surface area (Å²) in [4.78, 5) is 12.1. The predicted molar refractivity (Wildman–Crippen MR) is 88.5 cm³/mol. The lowest BCUT2D eigenvalue weighted by molar-refractivity contribution is -0.121. The molecule has 126 valence electrons. The zero-order valence-electron chi connectivity index (χ0n) is 13.4. The molecule has 1 aromatic rings. The SMILES string of the molecule is O=C(CC1NNC2CCC(F)CC21)NCCCc1ccccc1. The Bertz CT molecular complexity index is 510. The van der Waals surface area contributed by atoms with Gasteiger partial charge in [-0.2, -0.15) is 0 Å². The van der Waals surface area contributed by atoms with Gasteiger partial charge in [-0.25, -0.2) is 4.39 Å². The van der Waals surface area contributed by atoms with Crippen molar-refractivity contribution in [3.05, 3.63) is 35.9 Å². The number of hydrogen-bond donors (Lipinski definition) is 3. The van der Waals surface area contributed by atoms with Gasteiger partial charge in [0.15, 0.2) is 0 Å². The molecule has 1 saturated heterocycles. The van der Waals surface area contributed by atoms with Gasteiger partial charge in [0.1, 0.15) is 6.17 Å². The topological polar surface area (TPSA) is 53.2 Å². The van der Waals surface area contributed by atoms with Gasteiger partial charge in [-0.05, 0) is 43.6 Å². The highest BCUT2D eigenvalue weighted by Gasteiger charge is 2.40. The lowest BCUT2D eigenvalue weighted by atomic mass is 9.80. The summed E-state index contributed by atoms with van der Waals surface area (Å²) in [7, 11) is 0. The highest BCUT2D eigenvalue weighted by molar-refractivity contribution is 5.76. The van der Waals surface area contributed by atoms with Crippen molar-refractivity contribution in [1.29, 1.82) is 0 Å². The maximum absolute atomic E-state index is 13.6. The number of amides is 1. The number of aryl methyl sites for hydroxylation is 1. The van der Waals surface area contributed by atoms with Crippen molar-refractivity contribution in [2.75, 3.05) is 6.54 Å². The highest BCUT2D eigenvalue weighted by atomic mass is 19.1. The van der Waals surface area contributed by atoms with Gasteiger partial charge in [-0.3, -0.25) is 15.6 Å². The normalized spacial score (nSPS) is 30.0. The molecule has 23 heavy (non-hydrogen) atoms. The second-order valence-electron chi connectivity index (χ2n) is 6.72. The summed E-state index contributed by atoms with van der Waals surface area (Å²) in [6.45, 7) is 0.688. The number of rotatable bonds is 6. The molecule has 1 heterocycles. The molecule has 1 aliphatic heterocycles. The minimum atomic E-state index is -0.714. The maximum Gasteiger partial charge on any atom is 0.221 e. The molecule has 2 fully saturated rings. The summed E-state index contributed by atoms with van der Waals surface area (Å²) in [5.41, 5.74) is 7.71. The first kappa shape index (κ1) is 16.4. The lowest BCUT2D eigenvalue weighted by Crippen LogP contribution is -2.38. The third-order valence-corrected chi connectivity index (χ3v) is 5.02. The van der Waals surface area contributed by atoms with E-state index in [2.05, 4.69) is 28.3 Å². The second-order valence-corrected chi connectivity index (χ2v) is 6.72. The first-order chi connectivity index (χ1) is 11.2. The van der Waals surface area contributed by atoms with Crippen LogP contribution in [0.3, 0.4) is 0 Å². The van der Waals surface area contributed by atoms with Gasteiger partial charge in [-0.1, -0.05) is 30.3 Å². The molecule has 1 amide bonds. The van der Waals surface area contributed by atoms with Crippen molar-refractivity contribution in [3.63, 3.8) is 0 Å². The molecule has 0 aromatic heterocycles. The minimum Gasteiger partial charge on any atom is -0.356 e. The molecule has 1 saturated carbocycles. The van der Waals surface area contributed by atoms with E-state index >= 15 is 0 Å². The molecular formula is C18H26FN3O. The van der Waals surface area contributed by atoms with Gasteiger partial charge >= 0.3 is 0 Å². The van der Waals surface area contributed by atoms with Crippen molar-refractivity contribution >= 4 is 5.91 Å². The molecule has 3 rings (SSSR count). The number of fused-ring (bicyclic) bond motifs is 1. The van der Waals surface area contributed by atoms with Gasteiger partial charge in [0.05, 0.1) is 0 Å². The Morgan fingerprint density at radius 2 is 2.04 bits per heavy atom. The number of carbonyl (C=O) groups is 1. The van der Waals surface area contributed by atoms with Gasteiger partial charge in [0, 0.05) is 25.0 Å². The van der Waals surface area contributed by atoms with Crippen molar-refractivity contribution in [1.82, 2.24) is 16.2 Å². The van der Waals surface area contributed by atoms with Crippen LogP contribution in [0, 0.1) is 5.92 Å². The molecule has 4 nitrogen and oxygen atoms in total. The molecule has 0 radical (unpaired) electrons. The molecule has 1 aliphatic carbocycles. The molecule has 1 aromatic carbocycles. The van der Waals surface area contributed by atoms with Crippen LogP contribution in [0.25, 0.3) is 0 Å². The van der Waals surface area contributed by atoms with Crippen molar-refractivity contribution in [2.45, 2.75) is 56.8 Å². The van der Waals surface area contributed by atoms with Crippen LogP contribution in [0.15, 0.2) is 30.3 Å². The van der Waals surface area contributed by atoms with Crippen LogP contribution < -0.4 is 16.2 Å². The van der Waals surface area contributed by atoms with Crippen molar-refractivity contribution < 1.29 is 9.18 Å².